The van der Waals surface area contributed by atoms with Crippen LogP contribution in [-0.4, -0.2) is 10.9 Å². The van der Waals surface area contributed by atoms with Gasteiger partial charge in [-0.15, -0.1) is 0 Å². The quantitative estimate of drug-likeness (QED) is 0.363. The van der Waals surface area contributed by atoms with Crippen molar-refractivity contribution in [2.45, 2.75) is 19.3 Å². The first-order valence-electron chi connectivity index (χ1n) is 6.63. The highest BCUT2D eigenvalue weighted by molar-refractivity contribution is 5.80. The summed E-state index contributed by atoms with van der Waals surface area (Å²) >= 11 is 0. The number of esters is 1. The van der Waals surface area contributed by atoms with E-state index in [4.69, 9.17) is 4.74 Å². The van der Waals surface area contributed by atoms with Crippen molar-refractivity contribution in [3.05, 3.63) is 70.3 Å². The molecule has 2 aromatic rings. The van der Waals surface area contributed by atoms with Crippen LogP contribution in [0.1, 0.15) is 24.8 Å². The van der Waals surface area contributed by atoms with Crippen LogP contribution in [0, 0.1) is 10.1 Å². The van der Waals surface area contributed by atoms with Crippen molar-refractivity contribution < 1.29 is 14.5 Å². The number of carbonyl (C=O) groups excluding carboxylic acids is 1. The van der Waals surface area contributed by atoms with Crippen LogP contribution in [0.4, 0.5) is 5.69 Å². The molecule has 0 saturated heterocycles. The van der Waals surface area contributed by atoms with Gasteiger partial charge >= 0.3 is 5.97 Å². The monoisotopic (exact) mass is 285 g/mol. The lowest BCUT2D eigenvalue weighted by Crippen LogP contribution is -2.18. The van der Waals surface area contributed by atoms with Gasteiger partial charge < -0.3 is 4.74 Å². The lowest BCUT2D eigenvalue weighted by atomic mass is 9.97. The number of benzene rings is 2. The van der Waals surface area contributed by atoms with Gasteiger partial charge in [0.15, 0.2) is 0 Å². The highest BCUT2D eigenvalue weighted by atomic mass is 16.6. The number of non-ortho nitro benzene ring substituents is 1. The third kappa shape index (κ3) is 3.66. The molecule has 0 aromatic heterocycles. The normalized spacial score (nSPS) is 11.7. The smallest absolute Gasteiger partial charge is 0.318 e. The Morgan fingerprint density at radius 1 is 1.14 bits per heavy atom. The molecule has 0 unspecified atom stereocenters. The number of nitrogens with zero attached hydrogens (tertiary/aromatic N) is 1. The molecule has 0 heterocycles. The molecule has 0 aliphatic carbocycles. The Balaban J connectivity index is 2.11. The number of carbonyl (C=O) groups is 1. The predicted molar refractivity (Wildman–Crippen MR) is 78.2 cm³/mol. The predicted octanol–water partition coefficient (Wildman–Crippen LogP) is 3.69. The van der Waals surface area contributed by atoms with Crippen molar-refractivity contribution in [1.29, 1.82) is 0 Å². The third-order valence-corrected chi connectivity index (χ3v) is 3.16. The summed E-state index contributed by atoms with van der Waals surface area (Å²) in [6.07, 6.45) is 0.621. The van der Waals surface area contributed by atoms with E-state index in [-0.39, 0.29) is 17.6 Å². The van der Waals surface area contributed by atoms with Gasteiger partial charge in [-0.2, -0.15) is 0 Å². The Morgan fingerprint density at radius 3 is 2.29 bits per heavy atom. The van der Waals surface area contributed by atoms with Crippen molar-refractivity contribution in [3.8, 4) is 5.75 Å². The minimum atomic E-state index is -0.496. The summed E-state index contributed by atoms with van der Waals surface area (Å²) < 4.78 is 5.30. The minimum Gasteiger partial charge on any atom is -0.426 e. The first-order chi connectivity index (χ1) is 10.1. The molecule has 0 spiro atoms. The molecule has 0 saturated carbocycles. The molecule has 0 radical (unpaired) electrons. The van der Waals surface area contributed by atoms with Crippen molar-refractivity contribution in [1.82, 2.24) is 0 Å². The van der Waals surface area contributed by atoms with Gasteiger partial charge in [-0.05, 0) is 24.1 Å². The molecule has 0 bridgehead atoms. The second-order valence-corrected chi connectivity index (χ2v) is 4.54. The van der Waals surface area contributed by atoms with E-state index in [0.717, 1.165) is 5.56 Å². The Hall–Kier alpha value is -2.69. The van der Waals surface area contributed by atoms with E-state index < -0.39 is 4.92 Å². The van der Waals surface area contributed by atoms with Gasteiger partial charge in [-0.1, -0.05) is 37.3 Å². The molecule has 2 rings (SSSR count). The Kier molecular flexibility index (Phi) is 4.66. The van der Waals surface area contributed by atoms with E-state index >= 15 is 0 Å². The van der Waals surface area contributed by atoms with Gasteiger partial charge in [0.05, 0.1) is 10.8 Å². The average Bonchev–Trinajstić information content (AvgIpc) is 2.49. The number of nitro benzene ring substituents is 1. The zero-order chi connectivity index (χ0) is 15.2. The maximum absolute atomic E-state index is 12.2. The van der Waals surface area contributed by atoms with Gasteiger partial charge in [-0.25, -0.2) is 0 Å². The zero-order valence-electron chi connectivity index (χ0n) is 11.6. The molecular weight excluding hydrogens is 270 g/mol. The molecule has 1 atom stereocenters. The third-order valence-electron chi connectivity index (χ3n) is 3.16. The van der Waals surface area contributed by atoms with Crippen LogP contribution in [0.15, 0.2) is 54.6 Å². The summed E-state index contributed by atoms with van der Waals surface area (Å²) in [4.78, 5) is 22.3. The number of rotatable bonds is 5. The summed E-state index contributed by atoms with van der Waals surface area (Å²) in [7, 11) is 0. The fraction of sp³-hybridized carbons (Fsp3) is 0.188. The summed E-state index contributed by atoms with van der Waals surface area (Å²) in [5.41, 5.74) is 0.858. The molecule has 2 aromatic carbocycles. The summed E-state index contributed by atoms with van der Waals surface area (Å²) in [5.74, 6) is -0.404. The number of hydrogen-bond acceptors (Lipinski definition) is 4. The molecular formula is C16H15NO4. The molecule has 5 heteroatoms. The first kappa shape index (κ1) is 14.7. The van der Waals surface area contributed by atoms with Crippen LogP contribution in [0.5, 0.6) is 5.75 Å². The number of ether oxygens (including phenoxy) is 1. The van der Waals surface area contributed by atoms with E-state index in [1.807, 2.05) is 37.3 Å². The van der Waals surface area contributed by atoms with Crippen LogP contribution >= 0.6 is 0 Å². The lowest BCUT2D eigenvalue weighted by molar-refractivity contribution is -0.384. The zero-order valence-corrected chi connectivity index (χ0v) is 11.6. The van der Waals surface area contributed by atoms with Gasteiger partial charge in [0.1, 0.15) is 5.75 Å². The molecule has 5 nitrogen and oxygen atoms in total. The fourth-order valence-electron chi connectivity index (χ4n) is 2.05. The van der Waals surface area contributed by atoms with Crippen LogP contribution in [-0.2, 0) is 4.79 Å². The lowest BCUT2D eigenvalue weighted by Gasteiger charge is -2.14. The van der Waals surface area contributed by atoms with Crippen LogP contribution in [0.2, 0.25) is 0 Å². The Bertz CT molecular complexity index is 622. The molecule has 21 heavy (non-hydrogen) atoms. The first-order valence-corrected chi connectivity index (χ1v) is 6.63. The van der Waals surface area contributed by atoms with Crippen LogP contribution < -0.4 is 4.74 Å². The highest BCUT2D eigenvalue weighted by Crippen LogP contribution is 2.23. The topological polar surface area (TPSA) is 69.4 Å². The molecule has 0 amide bonds. The highest BCUT2D eigenvalue weighted by Gasteiger charge is 2.20. The summed E-state index contributed by atoms with van der Waals surface area (Å²) in [5, 5.41) is 10.6. The average molecular weight is 285 g/mol. The van der Waals surface area contributed by atoms with E-state index in [1.54, 1.807) is 0 Å². The van der Waals surface area contributed by atoms with Crippen molar-refractivity contribution in [2.24, 2.45) is 0 Å². The molecule has 108 valence electrons. The van der Waals surface area contributed by atoms with E-state index in [1.165, 1.54) is 24.3 Å². The van der Waals surface area contributed by atoms with Crippen LogP contribution in [0.3, 0.4) is 0 Å². The maximum atomic E-state index is 12.2. The van der Waals surface area contributed by atoms with Gasteiger partial charge in [-0.3, -0.25) is 14.9 Å². The fourth-order valence-corrected chi connectivity index (χ4v) is 2.05. The van der Waals surface area contributed by atoms with Crippen LogP contribution in [0.25, 0.3) is 0 Å². The maximum Gasteiger partial charge on any atom is 0.318 e. The van der Waals surface area contributed by atoms with E-state index in [2.05, 4.69) is 0 Å². The van der Waals surface area contributed by atoms with Crippen molar-refractivity contribution in [2.75, 3.05) is 0 Å². The van der Waals surface area contributed by atoms with Crippen molar-refractivity contribution >= 4 is 11.7 Å². The Morgan fingerprint density at radius 2 is 1.76 bits per heavy atom. The Labute approximate surface area is 122 Å². The van der Waals surface area contributed by atoms with E-state index in [0.29, 0.717) is 12.2 Å². The molecule has 0 N–H and O–H groups in total. The van der Waals surface area contributed by atoms with Gasteiger partial charge in [0.2, 0.25) is 0 Å². The second kappa shape index (κ2) is 6.65. The minimum absolute atomic E-state index is 0.0371. The summed E-state index contributed by atoms with van der Waals surface area (Å²) in [6, 6.07) is 14.9. The van der Waals surface area contributed by atoms with Crippen molar-refractivity contribution in [3.63, 3.8) is 0 Å². The second-order valence-electron chi connectivity index (χ2n) is 4.54. The number of nitro groups is 1. The standard InChI is InChI=1S/C16H15NO4/c1-2-15(12-6-4-3-5-7-12)16(18)21-14-10-8-13(9-11-14)17(19)20/h3-11,15H,2H2,1H3/t15-/m0/s1. The SMILES string of the molecule is CC[C@H](C(=O)Oc1ccc([N+](=O)[O-])cc1)c1ccccc1. The largest absolute Gasteiger partial charge is 0.426 e. The van der Waals surface area contributed by atoms with E-state index in [9.17, 15) is 14.9 Å². The molecule has 0 aliphatic heterocycles. The molecule has 0 aliphatic rings. The van der Waals surface area contributed by atoms with Gasteiger partial charge in [0, 0.05) is 12.1 Å². The van der Waals surface area contributed by atoms with Gasteiger partial charge in [0.25, 0.3) is 5.69 Å². The number of hydrogen-bond donors (Lipinski definition) is 0. The molecule has 0 fully saturated rings. The summed E-state index contributed by atoms with van der Waals surface area (Å²) in [6.45, 7) is 1.91.